The Bertz CT molecular complexity index is 544. The van der Waals surface area contributed by atoms with Crippen LogP contribution in [0.1, 0.15) is 12.8 Å². The Morgan fingerprint density at radius 3 is 2.33 bits per heavy atom. The molecule has 2 fully saturated rings. The van der Waals surface area contributed by atoms with Gasteiger partial charge in [0, 0.05) is 23.0 Å². The van der Waals surface area contributed by atoms with E-state index in [-0.39, 0.29) is 24.6 Å². The average Bonchev–Trinajstić information content (AvgIpc) is 2.31. The predicted octanol–water partition coefficient (Wildman–Crippen LogP) is 3.38. The largest absolute Gasteiger partial charge is 0.490 e. The smallest absolute Gasteiger partial charge is 0.471 e. The Hall–Kier alpha value is -1.24. The summed E-state index contributed by atoms with van der Waals surface area (Å²) in [5.41, 5.74) is -0.166. The Kier molecular flexibility index (Phi) is 3.43. The fraction of sp³-hybridized carbons (Fsp3) is 0.500. The lowest BCUT2D eigenvalue weighted by Crippen LogP contribution is -2.67. The minimum absolute atomic E-state index is 0.0225. The van der Waals surface area contributed by atoms with Crippen molar-refractivity contribution in [3.8, 4) is 5.75 Å². The van der Waals surface area contributed by atoms with E-state index in [0.717, 1.165) is 15.1 Å². The number of halogens is 4. The first-order valence-electron chi connectivity index (χ1n) is 6.56. The first kappa shape index (κ1) is 14.7. The zero-order chi connectivity index (χ0) is 15.3. The third kappa shape index (κ3) is 2.88. The summed E-state index contributed by atoms with van der Waals surface area (Å²) in [6.07, 6.45) is -3.34. The molecule has 7 heteroatoms. The number of ether oxygens (including phenoxy) is 1. The Morgan fingerprint density at radius 1 is 1.24 bits per heavy atom. The van der Waals surface area contributed by atoms with Gasteiger partial charge in [-0.05, 0) is 37.1 Å². The van der Waals surface area contributed by atoms with Crippen LogP contribution in [0.3, 0.4) is 0 Å². The van der Waals surface area contributed by atoms with Gasteiger partial charge in [-0.1, -0.05) is 15.9 Å². The van der Waals surface area contributed by atoms with Crippen molar-refractivity contribution in [2.45, 2.75) is 25.1 Å². The molecule has 3 nitrogen and oxygen atoms in total. The third-order valence-corrected chi connectivity index (χ3v) is 4.55. The molecule has 1 spiro atoms. The molecule has 1 aliphatic heterocycles. The molecule has 1 aromatic carbocycles. The van der Waals surface area contributed by atoms with E-state index >= 15 is 0 Å². The van der Waals surface area contributed by atoms with Crippen LogP contribution in [0.25, 0.3) is 0 Å². The minimum atomic E-state index is -4.77. The van der Waals surface area contributed by atoms with Gasteiger partial charge < -0.3 is 9.64 Å². The van der Waals surface area contributed by atoms with Gasteiger partial charge in [0.15, 0.2) is 0 Å². The number of carbonyl (C=O) groups is 1. The van der Waals surface area contributed by atoms with Gasteiger partial charge in [-0.2, -0.15) is 13.2 Å². The highest BCUT2D eigenvalue weighted by molar-refractivity contribution is 9.10. The molecule has 0 bridgehead atoms. The highest BCUT2D eigenvalue weighted by Crippen LogP contribution is 2.50. The van der Waals surface area contributed by atoms with Crippen molar-refractivity contribution in [1.82, 2.24) is 4.90 Å². The molecule has 0 atom stereocenters. The first-order valence-corrected chi connectivity index (χ1v) is 7.35. The van der Waals surface area contributed by atoms with E-state index < -0.39 is 12.1 Å². The number of amides is 1. The normalized spacial score (nSPS) is 20.9. The standard InChI is InChI=1S/C14H13BrF3NO2/c15-9-1-3-10(4-2-9)21-11-5-13(6-11)7-19(8-13)12(20)14(16,17)18/h1-4,11H,5-8H2. The molecule has 1 saturated heterocycles. The second kappa shape index (κ2) is 4.90. The third-order valence-electron chi connectivity index (χ3n) is 4.02. The van der Waals surface area contributed by atoms with Crippen molar-refractivity contribution in [2.75, 3.05) is 13.1 Å². The minimum Gasteiger partial charge on any atom is -0.490 e. The highest BCUT2D eigenvalue weighted by atomic mass is 79.9. The lowest BCUT2D eigenvalue weighted by Gasteiger charge is -2.58. The van der Waals surface area contributed by atoms with Crippen molar-refractivity contribution in [3.63, 3.8) is 0 Å². The summed E-state index contributed by atoms with van der Waals surface area (Å²) in [7, 11) is 0. The van der Waals surface area contributed by atoms with Crippen LogP contribution < -0.4 is 4.74 Å². The fourth-order valence-electron chi connectivity index (χ4n) is 3.04. The monoisotopic (exact) mass is 363 g/mol. The van der Waals surface area contributed by atoms with E-state index in [1.807, 2.05) is 24.3 Å². The summed E-state index contributed by atoms with van der Waals surface area (Å²) in [6, 6.07) is 7.43. The second-order valence-electron chi connectivity index (χ2n) is 5.76. The second-order valence-corrected chi connectivity index (χ2v) is 6.68. The first-order chi connectivity index (χ1) is 9.77. The van der Waals surface area contributed by atoms with Crippen LogP contribution in [-0.2, 0) is 4.79 Å². The molecule has 1 amide bonds. The molecule has 1 saturated carbocycles. The molecule has 0 radical (unpaired) electrons. The van der Waals surface area contributed by atoms with Gasteiger partial charge in [0.05, 0.1) is 0 Å². The molecule has 114 valence electrons. The molecular weight excluding hydrogens is 351 g/mol. The number of rotatable bonds is 2. The van der Waals surface area contributed by atoms with Crippen molar-refractivity contribution >= 4 is 21.8 Å². The van der Waals surface area contributed by atoms with Crippen LogP contribution >= 0.6 is 15.9 Å². The molecule has 0 unspecified atom stereocenters. The number of carbonyl (C=O) groups excluding carboxylic acids is 1. The summed E-state index contributed by atoms with van der Waals surface area (Å²) in [5, 5.41) is 0. The summed E-state index contributed by atoms with van der Waals surface area (Å²) in [4.78, 5) is 11.9. The molecule has 3 rings (SSSR count). The van der Waals surface area contributed by atoms with Crippen LogP contribution in [0.4, 0.5) is 13.2 Å². The quantitative estimate of drug-likeness (QED) is 0.805. The molecule has 1 aliphatic carbocycles. The van der Waals surface area contributed by atoms with Crippen molar-refractivity contribution < 1.29 is 22.7 Å². The molecule has 21 heavy (non-hydrogen) atoms. The van der Waals surface area contributed by atoms with E-state index in [4.69, 9.17) is 4.74 Å². The summed E-state index contributed by atoms with van der Waals surface area (Å²) >= 11 is 3.33. The van der Waals surface area contributed by atoms with Crippen LogP contribution in [0.2, 0.25) is 0 Å². The maximum atomic E-state index is 12.3. The van der Waals surface area contributed by atoms with E-state index in [9.17, 15) is 18.0 Å². The van der Waals surface area contributed by atoms with E-state index in [1.54, 1.807) is 0 Å². The molecule has 2 aliphatic rings. The summed E-state index contributed by atoms with van der Waals surface area (Å²) in [5.74, 6) is -0.981. The van der Waals surface area contributed by atoms with Gasteiger partial charge in [0.2, 0.25) is 0 Å². The molecule has 1 heterocycles. The van der Waals surface area contributed by atoms with Gasteiger partial charge in [-0.15, -0.1) is 0 Å². The van der Waals surface area contributed by atoms with Crippen LogP contribution in [0.15, 0.2) is 28.7 Å². The SMILES string of the molecule is O=C(N1CC2(CC(Oc3ccc(Br)cc3)C2)C1)C(F)(F)F. The highest BCUT2D eigenvalue weighted by Gasteiger charge is 2.58. The van der Waals surface area contributed by atoms with Gasteiger partial charge in [-0.3, -0.25) is 4.79 Å². The van der Waals surface area contributed by atoms with Crippen LogP contribution in [-0.4, -0.2) is 36.2 Å². The van der Waals surface area contributed by atoms with E-state index in [1.165, 1.54) is 0 Å². The van der Waals surface area contributed by atoms with Crippen LogP contribution in [0, 0.1) is 5.41 Å². The maximum Gasteiger partial charge on any atom is 0.471 e. The van der Waals surface area contributed by atoms with Gasteiger partial charge in [0.1, 0.15) is 11.9 Å². The maximum absolute atomic E-state index is 12.3. The van der Waals surface area contributed by atoms with Crippen molar-refractivity contribution in [1.29, 1.82) is 0 Å². The molecular formula is C14H13BrF3NO2. The summed E-state index contributed by atoms with van der Waals surface area (Å²) in [6.45, 7) is 0.372. The lowest BCUT2D eigenvalue weighted by atomic mass is 9.61. The summed E-state index contributed by atoms with van der Waals surface area (Å²) < 4.78 is 43.5. The Morgan fingerprint density at radius 2 is 1.81 bits per heavy atom. The molecule has 0 aromatic heterocycles. The van der Waals surface area contributed by atoms with E-state index in [2.05, 4.69) is 15.9 Å². The number of hydrogen-bond donors (Lipinski definition) is 0. The van der Waals surface area contributed by atoms with Gasteiger partial charge in [0.25, 0.3) is 0 Å². The Balaban J connectivity index is 1.47. The zero-order valence-corrected chi connectivity index (χ0v) is 12.6. The topological polar surface area (TPSA) is 29.5 Å². The van der Waals surface area contributed by atoms with Crippen LogP contribution in [0.5, 0.6) is 5.75 Å². The number of hydrogen-bond acceptors (Lipinski definition) is 2. The number of alkyl halides is 3. The Labute approximate surface area is 128 Å². The predicted molar refractivity (Wildman–Crippen MR) is 72.9 cm³/mol. The van der Waals surface area contributed by atoms with Gasteiger partial charge in [-0.25, -0.2) is 0 Å². The number of likely N-dealkylation sites (tertiary alicyclic amines) is 1. The van der Waals surface area contributed by atoms with Crippen molar-refractivity contribution in [2.24, 2.45) is 5.41 Å². The van der Waals surface area contributed by atoms with Crippen molar-refractivity contribution in [3.05, 3.63) is 28.7 Å². The number of benzene rings is 1. The molecule has 0 N–H and O–H groups in total. The average molecular weight is 364 g/mol. The lowest BCUT2D eigenvalue weighted by molar-refractivity contribution is -0.205. The van der Waals surface area contributed by atoms with E-state index in [0.29, 0.717) is 12.8 Å². The number of nitrogens with zero attached hydrogens (tertiary/aromatic N) is 1. The molecule has 1 aromatic rings. The zero-order valence-electron chi connectivity index (χ0n) is 11.0. The van der Waals surface area contributed by atoms with Gasteiger partial charge >= 0.3 is 12.1 Å². The fourth-order valence-corrected chi connectivity index (χ4v) is 3.30.